The van der Waals surface area contributed by atoms with E-state index in [1.54, 1.807) is 35.3 Å². The summed E-state index contributed by atoms with van der Waals surface area (Å²) in [5, 5.41) is 34.2. The van der Waals surface area contributed by atoms with E-state index in [0.717, 1.165) is 0 Å². The zero-order valence-corrected chi connectivity index (χ0v) is 19.0. The Hall–Kier alpha value is -3.85. The lowest BCUT2D eigenvalue weighted by Gasteiger charge is -2.14. The van der Waals surface area contributed by atoms with Gasteiger partial charge in [0.15, 0.2) is 5.65 Å². The number of nitro benzene ring substituents is 1. The first-order valence-electron chi connectivity index (χ1n) is 11.1. The molecule has 1 aromatic carbocycles. The van der Waals surface area contributed by atoms with Crippen LogP contribution in [-0.2, 0) is 16.1 Å². The van der Waals surface area contributed by atoms with Gasteiger partial charge < -0.3 is 20.3 Å². The number of nitrogens with zero attached hydrogens (tertiary/aromatic N) is 4. The fourth-order valence-corrected chi connectivity index (χ4v) is 3.89. The van der Waals surface area contributed by atoms with Crippen LogP contribution in [0.25, 0.3) is 11.2 Å². The second-order valence-electron chi connectivity index (χ2n) is 8.26. The fourth-order valence-electron chi connectivity index (χ4n) is 3.89. The first-order chi connectivity index (χ1) is 16.9. The molecule has 0 spiro atoms. The van der Waals surface area contributed by atoms with Gasteiger partial charge in [0.1, 0.15) is 23.6 Å². The molecule has 0 amide bonds. The van der Waals surface area contributed by atoms with Crippen molar-refractivity contribution in [3.8, 4) is 11.8 Å². The molecule has 3 atom stereocenters. The lowest BCUT2D eigenvalue weighted by Crippen LogP contribution is -2.24. The van der Waals surface area contributed by atoms with Crippen molar-refractivity contribution in [1.82, 2.24) is 14.5 Å². The molecule has 3 aromatic rings. The molecular weight excluding hydrogens is 454 g/mol. The number of pyridine rings is 1. The van der Waals surface area contributed by atoms with Crippen LogP contribution >= 0.6 is 0 Å². The molecule has 182 valence electrons. The number of aliphatic hydroxyl groups is 2. The van der Waals surface area contributed by atoms with E-state index >= 15 is 0 Å². The zero-order valence-electron chi connectivity index (χ0n) is 19.0. The zero-order chi connectivity index (χ0) is 24.9. The van der Waals surface area contributed by atoms with Gasteiger partial charge in [-0.25, -0.2) is 9.97 Å². The van der Waals surface area contributed by atoms with Gasteiger partial charge in [-0.05, 0) is 25.1 Å². The van der Waals surface area contributed by atoms with Crippen molar-refractivity contribution in [1.29, 1.82) is 0 Å². The lowest BCUT2D eigenvalue weighted by atomic mass is 10.1. The number of rotatable bonds is 8. The first kappa shape index (κ1) is 24.3. The van der Waals surface area contributed by atoms with E-state index < -0.39 is 23.4 Å². The number of carbonyl (C=O) groups excluding carboxylic acids is 1. The number of hydrogen-bond donors (Lipinski definition) is 3. The van der Waals surface area contributed by atoms with E-state index in [-0.39, 0.29) is 24.6 Å². The van der Waals surface area contributed by atoms with Crippen molar-refractivity contribution in [2.45, 2.75) is 51.2 Å². The molecule has 0 radical (unpaired) electrons. The summed E-state index contributed by atoms with van der Waals surface area (Å²) < 4.78 is 7.40. The van der Waals surface area contributed by atoms with Crippen LogP contribution in [0.5, 0.6) is 0 Å². The van der Waals surface area contributed by atoms with E-state index in [2.05, 4.69) is 27.1 Å². The standard InChI is InChI=1S/C24H25N5O6/c1-15(31)4-2-3-5-16-6-7-17(19(10-16)29(33)34)12-26-18-8-9-25-24-23(18)27-14-28(24)22-11-20(32)21(13-30)35-22/h6-10,14,20-22,30,32H,2,4,11-13H2,1H3,(H,25,26)/t20?,21-,22-/m1/s1. The summed E-state index contributed by atoms with van der Waals surface area (Å²) in [5.41, 5.74) is 2.63. The maximum Gasteiger partial charge on any atom is 0.275 e. The summed E-state index contributed by atoms with van der Waals surface area (Å²) in [6.45, 7) is 1.38. The summed E-state index contributed by atoms with van der Waals surface area (Å²) in [4.78, 5) is 31.0. The summed E-state index contributed by atoms with van der Waals surface area (Å²) >= 11 is 0. The minimum Gasteiger partial charge on any atom is -0.394 e. The third kappa shape index (κ3) is 5.46. The van der Waals surface area contributed by atoms with Gasteiger partial charge in [-0.1, -0.05) is 11.8 Å². The molecule has 1 fully saturated rings. The number of ether oxygens (including phenoxy) is 1. The van der Waals surface area contributed by atoms with Crippen LogP contribution < -0.4 is 5.32 Å². The Kier molecular flexibility index (Phi) is 7.36. The SMILES string of the molecule is CC(=O)CCC#Cc1ccc(CNc2ccnc3c2ncn3[C@H]2CC(O)[C@@H](CO)O2)c([N+](=O)[O-])c1. The predicted octanol–water partition coefficient (Wildman–Crippen LogP) is 2.31. The number of benzene rings is 1. The van der Waals surface area contributed by atoms with Gasteiger partial charge in [0, 0.05) is 49.2 Å². The molecule has 0 bridgehead atoms. The number of nitrogens with one attached hydrogen (secondary N) is 1. The lowest BCUT2D eigenvalue weighted by molar-refractivity contribution is -0.385. The minimum absolute atomic E-state index is 0.0458. The van der Waals surface area contributed by atoms with E-state index in [1.807, 2.05) is 0 Å². The summed E-state index contributed by atoms with van der Waals surface area (Å²) in [6, 6.07) is 6.51. The van der Waals surface area contributed by atoms with Crippen molar-refractivity contribution in [3.05, 3.63) is 58.0 Å². The second-order valence-corrected chi connectivity index (χ2v) is 8.26. The van der Waals surface area contributed by atoms with Gasteiger partial charge in [-0.3, -0.25) is 19.5 Å². The van der Waals surface area contributed by atoms with Gasteiger partial charge in [-0.15, -0.1) is 0 Å². The molecule has 2 aromatic heterocycles. The highest BCUT2D eigenvalue weighted by molar-refractivity contribution is 5.85. The molecule has 1 saturated heterocycles. The monoisotopic (exact) mass is 479 g/mol. The topological polar surface area (TPSA) is 153 Å². The van der Waals surface area contributed by atoms with Crippen molar-refractivity contribution < 1.29 is 24.7 Å². The van der Waals surface area contributed by atoms with E-state index in [9.17, 15) is 25.1 Å². The summed E-state index contributed by atoms with van der Waals surface area (Å²) in [7, 11) is 0. The van der Waals surface area contributed by atoms with Crippen molar-refractivity contribution >= 4 is 28.3 Å². The number of Topliss-reactive ketones (excluding diaryl/α,β-unsaturated/α-hetero) is 1. The van der Waals surface area contributed by atoms with E-state index in [0.29, 0.717) is 47.2 Å². The van der Waals surface area contributed by atoms with Crippen molar-refractivity contribution in [2.24, 2.45) is 0 Å². The molecule has 0 saturated carbocycles. The van der Waals surface area contributed by atoms with Crippen LogP contribution in [0.15, 0.2) is 36.8 Å². The summed E-state index contributed by atoms with van der Waals surface area (Å²) in [6.07, 6.45) is 2.23. The summed E-state index contributed by atoms with van der Waals surface area (Å²) in [5.74, 6) is 5.78. The molecule has 1 unspecified atom stereocenters. The quantitative estimate of drug-likeness (QED) is 0.251. The molecule has 11 nitrogen and oxygen atoms in total. The Morgan fingerprint density at radius 3 is 2.91 bits per heavy atom. The number of imidazole rings is 1. The Bertz CT molecular complexity index is 1310. The predicted molar refractivity (Wildman–Crippen MR) is 126 cm³/mol. The smallest absolute Gasteiger partial charge is 0.275 e. The van der Waals surface area contributed by atoms with Crippen LogP contribution in [0.2, 0.25) is 0 Å². The van der Waals surface area contributed by atoms with Gasteiger partial charge in [0.25, 0.3) is 5.69 Å². The van der Waals surface area contributed by atoms with Crippen LogP contribution in [0.3, 0.4) is 0 Å². The minimum atomic E-state index is -0.786. The number of anilines is 1. The average Bonchev–Trinajstić information content (AvgIpc) is 3.43. The third-order valence-corrected chi connectivity index (χ3v) is 5.74. The number of nitro groups is 1. The van der Waals surface area contributed by atoms with E-state index in [1.165, 1.54) is 13.0 Å². The van der Waals surface area contributed by atoms with Gasteiger partial charge in [-0.2, -0.15) is 0 Å². The normalized spacial score (nSPS) is 19.3. The van der Waals surface area contributed by atoms with Crippen molar-refractivity contribution in [3.63, 3.8) is 0 Å². The highest BCUT2D eigenvalue weighted by Crippen LogP contribution is 2.32. The second kappa shape index (κ2) is 10.6. The van der Waals surface area contributed by atoms with Crippen LogP contribution in [0, 0.1) is 22.0 Å². The van der Waals surface area contributed by atoms with Gasteiger partial charge in [0.05, 0.1) is 29.6 Å². The Labute approximate surface area is 200 Å². The third-order valence-electron chi connectivity index (χ3n) is 5.74. The molecule has 3 heterocycles. The maximum absolute atomic E-state index is 11.7. The molecule has 35 heavy (non-hydrogen) atoms. The number of fused-ring (bicyclic) bond motifs is 1. The molecule has 0 aliphatic carbocycles. The van der Waals surface area contributed by atoms with E-state index in [4.69, 9.17) is 4.74 Å². The van der Waals surface area contributed by atoms with Crippen LogP contribution in [0.4, 0.5) is 11.4 Å². The maximum atomic E-state index is 11.7. The molecule has 4 rings (SSSR count). The van der Waals surface area contributed by atoms with Gasteiger partial charge >= 0.3 is 0 Å². The largest absolute Gasteiger partial charge is 0.394 e. The Balaban J connectivity index is 1.52. The first-order valence-corrected chi connectivity index (χ1v) is 11.1. The van der Waals surface area contributed by atoms with Crippen molar-refractivity contribution in [2.75, 3.05) is 11.9 Å². The van der Waals surface area contributed by atoms with Crippen LogP contribution in [-0.4, -0.2) is 54.3 Å². The fraction of sp³-hybridized carbons (Fsp3) is 0.375. The number of hydrogen-bond acceptors (Lipinski definition) is 9. The number of ketones is 1. The molecule has 1 aliphatic heterocycles. The number of aliphatic hydroxyl groups excluding tert-OH is 2. The highest BCUT2D eigenvalue weighted by atomic mass is 16.6. The molecular formula is C24H25N5O6. The average molecular weight is 479 g/mol. The van der Waals surface area contributed by atoms with Crippen LogP contribution in [0.1, 0.15) is 43.5 Å². The molecule has 3 N–H and O–H groups in total. The highest BCUT2D eigenvalue weighted by Gasteiger charge is 2.35. The number of carbonyl (C=O) groups is 1. The van der Waals surface area contributed by atoms with Gasteiger partial charge in [0.2, 0.25) is 0 Å². The number of aromatic nitrogens is 3. The molecule has 11 heteroatoms. The Morgan fingerprint density at radius 2 is 2.20 bits per heavy atom. The molecule has 1 aliphatic rings. The Morgan fingerprint density at radius 1 is 1.37 bits per heavy atom.